The van der Waals surface area contributed by atoms with Crippen molar-refractivity contribution in [2.45, 2.75) is 25.1 Å². The van der Waals surface area contributed by atoms with E-state index in [-0.39, 0.29) is 23.7 Å². The van der Waals surface area contributed by atoms with Crippen LogP contribution >= 0.6 is 0 Å². The molecule has 0 saturated carbocycles. The van der Waals surface area contributed by atoms with Crippen LogP contribution in [0.25, 0.3) is 16.9 Å². The lowest BCUT2D eigenvalue weighted by molar-refractivity contribution is -0.191. The highest BCUT2D eigenvalue weighted by molar-refractivity contribution is 5.69. The third-order valence-corrected chi connectivity index (χ3v) is 4.42. The van der Waals surface area contributed by atoms with E-state index in [2.05, 4.69) is 15.0 Å². The number of ether oxygens (including phenoxy) is 2. The van der Waals surface area contributed by atoms with E-state index in [1.807, 2.05) is 0 Å². The summed E-state index contributed by atoms with van der Waals surface area (Å²) in [6.45, 7) is 1.36. The predicted molar refractivity (Wildman–Crippen MR) is 91.5 cm³/mol. The summed E-state index contributed by atoms with van der Waals surface area (Å²) in [5.41, 5.74) is 3.89. The summed E-state index contributed by atoms with van der Waals surface area (Å²) >= 11 is 0. The summed E-state index contributed by atoms with van der Waals surface area (Å²) in [6.07, 6.45) is 1.02. The fraction of sp³-hybridized carbons (Fsp3) is 0.353. The zero-order valence-corrected chi connectivity index (χ0v) is 14.9. The quantitative estimate of drug-likeness (QED) is 0.731. The molecule has 0 aliphatic carbocycles. The van der Waals surface area contributed by atoms with Crippen molar-refractivity contribution in [2.75, 3.05) is 14.2 Å². The number of pyridine rings is 1. The van der Waals surface area contributed by atoms with Gasteiger partial charge in [0, 0.05) is 24.2 Å². The lowest BCUT2D eigenvalue weighted by Crippen LogP contribution is -2.50. The van der Waals surface area contributed by atoms with E-state index in [1.165, 1.54) is 33.4 Å². The molecule has 2 N–H and O–H groups in total. The molecule has 0 aliphatic heterocycles. The van der Waals surface area contributed by atoms with E-state index < -0.39 is 11.7 Å². The number of imidazole rings is 1. The Morgan fingerprint density at radius 3 is 2.52 bits per heavy atom. The van der Waals surface area contributed by atoms with Gasteiger partial charge in [-0.05, 0) is 12.5 Å². The fourth-order valence-corrected chi connectivity index (χ4v) is 2.75. The number of nitrogens with zero attached hydrogens (tertiary/aromatic N) is 4. The summed E-state index contributed by atoms with van der Waals surface area (Å²) in [5, 5.41) is 0. The van der Waals surface area contributed by atoms with Crippen LogP contribution < -0.4 is 15.2 Å². The molecule has 10 heteroatoms. The van der Waals surface area contributed by atoms with Crippen molar-refractivity contribution in [3.05, 3.63) is 36.5 Å². The molecule has 0 spiro atoms. The van der Waals surface area contributed by atoms with Gasteiger partial charge in [0.25, 0.3) is 5.88 Å². The summed E-state index contributed by atoms with van der Waals surface area (Å²) < 4.78 is 52.8. The monoisotopic (exact) mass is 381 g/mol. The third-order valence-electron chi connectivity index (χ3n) is 4.42. The Morgan fingerprint density at radius 2 is 1.93 bits per heavy atom. The van der Waals surface area contributed by atoms with E-state index >= 15 is 0 Å². The molecule has 0 radical (unpaired) electrons. The minimum atomic E-state index is -4.67. The van der Waals surface area contributed by atoms with Crippen molar-refractivity contribution in [2.24, 2.45) is 5.73 Å². The van der Waals surface area contributed by atoms with Gasteiger partial charge in [0.2, 0.25) is 0 Å². The molecule has 7 nitrogen and oxygen atoms in total. The van der Waals surface area contributed by atoms with E-state index in [9.17, 15) is 13.2 Å². The fourth-order valence-electron chi connectivity index (χ4n) is 2.75. The van der Waals surface area contributed by atoms with Gasteiger partial charge in [0.15, 0.2) is 11.2 Å². The molecule has 0 amide bonds. The van der Waals surface area contributed by atoms with Crippen LogP contribution in [0.4, 0.5) is 13.2 Å². The Labute approximate surface area is 153 Å². The maximum Gasteiger partial charge on any atom is 0.412 e. The molecule has 0 aliphatic rings. The van der Waals surface area contributed by atoms with Crippen molar-refractivity contribution in [3.63, 3.8) is 0 Å². The molecule has 3 aromatic rings. The first-order valence-corrected chi connectivity index (χ1v) is 8.03. The summed E-state index contributed by atoms with van der Waals surface area (Å²) in [7, 11) is 2.83. The van der Waals surface area contributed by atoms with Gasteiger partial charge in [0.05, 0.1) is 31.8 Å². The molecule has 1 atom stereocenters. The van der Waals surface area contributed by atoms with Gasteiger partial charge in [-0.15, -0.1) is 0 Å². The standard InChI is InChI=1S/C17H18F3N5O2/c1-4-16(21,17(18,19)20)13-7-10(12(26-2)8-23-13)11-9-25-6-5-22-14(25)15(24-11)27-3/h5-9H,4,21H2,1-3H3. The maximum absolute atomic E-state index is 13.5. The molecule has 3 rings (SSSR count). The Hall–Kier alpha value is -2.88. The van der Waals surface area contributed by atoms with Gasteiger partial charge < -0.3 is 19.6 Å². The second-order valence-electron chi connectivity index (χ2n) is 5.89. The lowest BCUT2D eigenvalue weighted by Gasteiger charge is -2.30. The van der Waals surface area contributed by atoms with Crippen molar-refractivity contribution < 1.29 is 22.6 Å². The highest BCUT2D eigenvalue weighted by atomic mass is 19.4. The van der Waals surface area contributed by atoms with Gasteiger partial charge in [-0.3, -0.25) is 4.98 Å². The number of hydrogen-bond acceptors (Lipinski definition) is 6. The number of fused-ring (bicyclic) bond motifs is 1. The van der Waals surface area contributed by atoms with Crippen LogP contribution in [0.2, 0.25) is 0 Å². The molecule has 3 aromatic heterocycles. The molecule has 0 saturated heterocycles. The first kappa shape index (κ1) is 18.9. The van der Waals surface area contributed by atoms with Crippen LogP contribution in [0.5, 0.6) is 11.6 Å². The molecule has 144 valence electrons. The lowest BCUT2D eigenvalue weighted by atomic mass is 9.90. The van der Waals surface area contributed by atoms with Crippen molar-refractivity contribution >= 4 is 5.65 Å². The smallest absolute Gasteiger partial charge is 0.412 e. The highest BCUT2D eigenvalue weighted by Crippen LogP contribution is 2.41. The van der Waals surface area contributed by atoms with Gasteiger partial charge in [-0.2, -0.15) is 13.2 Å². The average molecular weight is 381 g/mol. The number of halogens is 3. The Kier molecular flexibility index (Phi) is 4.68. The molecule has 1 unspecified atom stereocenters. The van der Waals surface area contributed by atoms with Crippen LogP contribution in [0, 0.1) is 0 Å². The summed E-state index contributed by atoms with van der Waals surface area (Å²) in [5.74, 6) is 0.483. The van der Waals surface area contributed by atoms with Gasteiger partial charge in [0.1, 0.15) is 5.75 Å². The first-order chi connectivity index (χ1) is 12.7. The van der Waals surface area contributed by atoms with Crippen molar-refractivity contribution in [3.8, 4) is 22.9 Å². The number of alkyl halides is 3. The molecule has 0 aromatic carbocycles. The zero-order chi connectivity index (χ0) is 19.8. The second kappa shape index (κ2) is 6.69. The number of rotatable bonds is 5. The Bertz CT molecular complexity index is 973. The molecule has 3 heterocycles. The minimum Gasteiger partial charge on any atom is -0.494 e. The van der Waals surface area contributed by atoms with Crippen LogP contribution in [-0.4, -0.2) is 39.7 Å². The highest BCUT2D eigenvalue weighted by Gasteiger charge is 2.53. The van der Waals surface area contributed by atoms with Gasteiger partial charge in [-0.1, -0.05) is 6.92 Å². The van der Waals surface area contributed by atoms with Crippen LogP contribution in [0.3, 0.4) is 0 Å². The molecule has 27 heavy (non-hydrogen) atoms. The van der Waals surface area contributed by atoms with Crippen LogP contribution in [-0.2, 0) is 5.54 Å². The Morgan fingerprint density at radius 1 is 1.19 bits per heavy atom. The van der Waals surface area contributed by atoms with Gasteiger partial charge >= 0.3 is 6.18 Å². The van der Waals surface area contributed by atoms with E-state index in [1.54, 1.807) is 23.0 Å². The Balaban J connectivity index is 2.24. The SMILES string of the molecule is CCC(N)(c1cc(-c2cn3ccnc3c(OC)n2)c(OC)cn1)C(F)(F)F. The van der Waals surface area contributed by atoms with E-state index in [4.69, 9.17) is 15.2 Å². The zero-order valence-electron chi connectivity index (χ0n) is 14.9. The normalized spacial score (nSPS) is 14.2. The molecule has 0 bridgehead atoms. The predicted octanol–water partition coefficient (Wildman–Crippen LogP) is 2.93. The topological polar surface area (TPSA) is 87.6 Å². The largest absolute Gasteiger partial charge is 0.494 e. The van der Waals surface area contributed by atoms with Crippen molar-refractivity contribution in [1.82, 2.24) is 19.4 Å². The minimum absolute atomic E-state index is 0.225. The number of hydrogen-bond donors (Lipinski definition) is 1. The van der Waals surface area contributed by atoms with Gasteiger partial charge in [-0.25, -0.2) is 9.97 Å². The van der Waals surface area contributed by atoms with Crippen LogP contribution in [0.1, 0.15) is 19.0 Å². The maximum atomic E-state index is 13.5. The van der Waals surface area contributed by atoms with E-state index in [0.717, 1.165) is 0 Å². The number of methoxy groups -OCH3 is 2. The third kappa shape index (κ3) is 3.05. The number of aromatic nitrogens is 4. The van der Waals surface area contributed by atoms with E-state index in [0.29, 0.717) is 16.9 Å². The second-order valence-corrected chi connectivity index (χ2v) is 5.89. The average Bonchev–Trinajstić information content (AvgIpc) is 3.13. The summed E-state index contributed by atoms with van der Waals surface area (Å²) in [4.78, 5) is 12.4. The molecular weight excluding hydrogens is 363 g/mol. The van der Waals surface area contributed by atoms with Crippen molar-refractivity contribution in [1.29, 1.82) is 0 Å². The van der Waals surface area contributed by atoms with Crippen LogP contribution in [0.15, 0.2) is 30.9 Å². The summed E-state index contributed by atoms with van der Waals surface area (Å²) in [6, 6.07) is 1.25. The molecule has 0 fully saturated rings. The number of nitrogens with two attached hydrogens (primary N) is 1. The molecular formula is C17H18F3N5O2. The first-order valence-electron chi connectivity index (χ1n) is 8.03.